The van der Waals surface area contributed by atoms with Crippen LogP contribution in [0.25, 0.3) is 0 Å². The predicted molar refractivity (Wildman–Crippen MR) is 163 cm³/mol. The van der Waals surface area contributed by atoms with E-state index in [0.717, 1.165) is 57.8 Å². The molecule has 246 valence electrons. The van der Waals surface area contributed by atoms with Gasteiger partial charge in [-0.3, -0.25) is 19.2 Å². The average Bonchev–Trinajstić information content (AvgIpc) is 3.27. The Bertz CT molecular complexity index is 910. The Morgan fingerprint density at radius 3 is 2.30 bits per heavy atom. The van der Waals surface area contributed by atoms with Gasteiger partial charge in [0.05, 0.1) is 25.4 Å². The first-order chi connectivity index (χ1) is 20.7. The third kappa shape index (κ3) is 11.0. The fourth-order valence-electron chi connectivity index (χ4n) is 6.26. The molecular weight excluding hydrogens is 552 g/mol. The van der Waals surface area contributed by atoms with Crippen molar-refractivity contribution in [2.45, 2.75) is 136 Å². The second-order valence-electron chi connectivity index (χ2n) is 12.0. The van der Waals surface area contributed by atoms with Gasteiger partial charge in [0, 0.05) is 18.9 Å². The lowest BCUT2D eigenvalue weighted by Crippen LogP contribution is -2.44. The van der Waals surface area contributed by atoms with Gasteiger partial charge in [0.25, 0.3) is 0 Å². The first-order valence-electron chi connectivity index (χ1n) is 16.7. The molecule has 1 heterocycles. The molecule has 0 radical (unpaired) electrons. The van der Waals surface area contributed by atoms with Crippen molar-refractivity contribution in [2.24, 2.45) is 17.3 Å². The SMILES string of the molecule is CCCCCC(C)(C=CC1C[C@@H](C(=O)OCC)C(=O)[C@]1(CCCCCCC(=O)OCC)C(=O)OCC)OC1CCCCO1. The Morgan fingerprint density at radius 1 is 0.930 bits per heavy atom. The van der Waals surface area contributed by atoms with Crippen LogP contribution in [-0.4, -0.2) is 62.0 Å². The molecule has 0 spiro atoms. The van der Waals surface area contributed by atoms with Gasteiger partial charge in [-0.2, -0.15) is 0 Å². The van der Waals surface area contributed by atoms with Gasteiger partial charge >= 0.3 is 17.9 Å². The number of Topliss-reactive ketones (excluding diaryl/α,β-unsaturated/α-hetero) is 1. The van der Waals surface area contributed by atoms with Crippen LogP contribution in [0.15, 0.2) is 12.2 Å². The molecule has 0 N–H and O–H groups in total. The third-order valence-electron chi connectivity index (χ3n) is 8.59. The van der Waals surface area contributed by atoms with Crippen LogP contribution < -0.4 is 0 Å². The molecule has 1 aliphatic carbocycles. The molecule has 0 aromatic rings. The standard InChI is InChI=1S/C34H56O9/c1-6-10-15-21-33(5,43-29-19-14-17-24-42-29)23-20-26-25-27(31(37)40-8-3)30(36)34(26,32(38)41-9-4)22-16-12-11-13-18-28(35)39-7-2/h20,23,26-27,29H,6-19,21-22,24-25H2,1-5H3/t26?,27-,29?,33?,34-/m1/s1. The molecule has 0 bridgehead atoms. The van der Waals surface area contributed by atoms with Gasteiger partial charge in [0.2, 0.25) is 0 Å². The van der Waals surface area contributed by atoms with Gasteiger partial charge in [0.1, 0.15) is 11.3 Å². The van der Waals surface area contributed by atoms with Crippen molar-refractivity contribution in [3.63, 3.8) is 0 Å². The van der Waals surface area contributed by atoms with Gasteiger partial charge in [-0.05, 0) is 72.6 Å². The molecule has 1 aliphatic heterocycles. The molecule has 0 aromatic heterocycles. The number of carbonyl (C=O) groups excluding carboxylic acids is 4. The highest BCUT2D eigenvalue weighted by Gasteiger charge is 2.61. The summed E-state index contributed by atoms with van der Waals surface area (Å²) in [6, 6.07) is 0. The summed E-state index contributed by atoms with van der Waals surface area (Å²) in [4.78, 5) is 52.4. The number of esters is 3. The molecule has 9 nitrogen and oxygen atoms in total. The van der Waals surface area contributed by atoms with Crippen LogP contribution in [0, 0.1) is 17.3 Å². The van der Waals surface area contributed by atoms with E-state index in [2.05, 4.69) is 6.92 Å². The largest absolute Gasteiger partial charge is 0.466 e. The Labute approximate surface area is 258 Å². The summed E-state index contributed by atoms with van der Waals surface area (Å²) in [6.45, 7) is 10.7. The van der Waals surface area contributed by atoms with E-state index in [1.165, 1.54) is 0 Å². The zero-order valence-electron chi connectivity index (χ0n) is 27.3. The minimum absolute atomic E-state index is 0.130. The van der Waals surface area contributed by atoms with E-state index in [4.69, 9.17) is 23.7 Å². The van der Waals surface area contributed by atoms with Gasteiger partial charge in [-0.15, -0.1) is 0 Å². The maximum Gasteiger partial charge on any atom is 0.320 e. The molecule has 2 fully saturated rings. The first-order valence-corrected chi connectivity index (χ1v) is 16.7. The molecular formula is C34H56O9. The fourth-order valence-corrected chi connectivity index (χ4v) is 6.26. The summed E-state index contributed by atoms with van der Waals surface area (Å²) in [6.07, 6.45) is 13.9. The van der Waals surface area contributed by atoms with Crippen LogP contribution in [-0.2, 0) is 42.9 Å². The zero-order valence-corrected chi connectivity index (χ0v) is 27.3. The van der Waals surface area contributed by atoms with Gasteiger partial charge < -0.3 is 23.7 Å². The summed E-state index contributed by atoms with van der Waals surface area (Å²) >= 11 is 0. The van der Waals surface area contributed by atoms with Gasteiger partial charge in [0.15, 0.2) is 12.1 Å². The molecule has 0 aromatic carbocycles. The highest BCUT2D eigenvalue weighted by Crippen LogP contribution is 2.50. The summed E-state index contributed by atoms with van der Waals surface area (Å²) in [5.74, 6) is -3.40. The van der Waals surface area contributed by atoms with Crippen molar-refractivity contribution in [3.05, 3.63) is 12.2 Å². The highest BCUT2D eigenvalue weighted by molar-refractivity contribution is 6.14. The molecule has 43 heavy (non-hydrogen) atoms. The number of unbranched alkanes of at least 4 members (excludes halogenated alkanes) is 5. The Balaban J connectivity index is 2.35. The minimum Gasteiger partial charge on any atom is -0.466 e. The van der Waals surface area contributed by atoms with Crippen molar-refractivity contribution in [1.29, 1.82) is 0 Å². The first kappa shape index (κ1) is 36.9. The van der Waals surface area contributed by atoms with Crippen molar-refractivity contribution in [2.75, 3.05) is 26.4 Å². The molecule has 5 atom stereocenters. The molecule has 9 heteroatoms. The molecule has 2 aliphatic rings. The fraction of sp³-hybridized carbons (Fsp3) is 0.824. The number of hydrogen-bond acceptors (Lipinski definition) is 9. The number of carbonyl (C=O) groups is 4. The normalized spacial score (nSPS) is 25.4. The van der Waals surface area contributed by atoms with Crippen LogP contribution in [0.5, 0.6) is 0 Å². The second-order valence-corrected chi connectivity index (χ2v) is 12.0. The summed E-state index contributed by atoms with van der Waals surface area (Å²) in [7, 11) is 0. The van der Waals surface area contributed by atoms with E-state index in [-0.39, 0.29) is 38.3 Å². The molecule has 1 saturated carbocycles. The Kier molecular flexibility index (Phi) is 16.5. The quantitative estimate of drug-likeness (QED) is 0.0493. The maximum absolute atomic E-state index is 14.1. The van der Waals surface area contributed by atoms with Gasteiger partial charge in [-0.25, -0.2) is 0 Å². The van der Waals surface area contributed by atoms with E-state index in [0.29, 0.717) is 32.5 Å². The van der Waals surface area contributed by atoms with Gasteiger partial charge in [-0.1, -0.05) is 57.6 Å². The number of ether oxygens (including phenoxy) is 5. The summed E-state index contributed by atoms with van der Waals surface area (Å²) < 4.78 is 28.2. The maximum atomic E-state index is 14.1. The highest BCUT2D eigenvalue weighted by atomic mass is 16.7. The van der Waals surface area contributed by atoms with Crippen molar-refractivity contribution >= 4 is 23.7 Å². The van der Waals surface area contributed by atoms with Crippen molar-refractivity contribution < 1.29 is 42.9 Å². The number of ketones is 1. The Hall–Kier alpha value is -2.26. The number of rotatable bonds is 20. The van der Waals surface area contributed by atoms with Crippen molar-refractivity contribution in [1.82, 2.24) is 0 Å². The lowest BCUT2D eigenvalue weighted by molar-refractivity contribution is -0.208. The molecule has 0 amide bonds. The molecule has 1 saturated heterocycles. The summed E-state index contributed by atoms with van der Waals surface area (Å²) in [5.41, 5.74) is -2.15. The average molecular weight is 609 g/mol. The summed E-state index contributed by atoms with van der Waals surface area (Å²) in [5, 5.41) is 0. The monoisotopic (exact) mass is 608 g/mol. The van der Waals surface area contributed by atoms with Crippen LogP contribution >= 0.6 is 0 Å². The van der Waals surface area contributed by atoms with Crippen LogP contribution in [0.1, 0.15) is 125 Å². The number of allylic oxidation sites excluding steroid dienone is 1. The lowest BCUT2D eigenvalue weighted by Gasteiger charge is -2.35. The van der Waals surface area contributed by atoms with E-state index in [9.17, 15) is 19.2 Å². The van der Waals surface area contributed by atoms with E-state index in [1.807, 2.05) is 19.1 Å². The smallest absolute Gasteiger partial charge is 0.320 e. The third-order valence-corrected chi connectivity index (χ3v) is 8.59. The lowest BCUT2D eigenvalue weighted by atomic mass is 9.72. The number of hydrogen-bond donors (Lipinski definition) is 0. The minimum atomic E-state index is -1.49. The van der Waals surface area contributed by atoms with Crippen LogP contribution in [0.4, 0.5) is 0 Å². The van der Waals surface area contributed by atoms with E-state index < -0.39 is 40.6 Å². The predicted octanol–water partition coefficient (Wildman–Crippen LogP) is 6.65. The molecule has 2 rings (SSSR count). The van der Waals surface area contributed by atoms with Crippen LogP contribution in [0.2, 0.25) is 0 Å². The van der Waals surface area contributed by atoms with Crippen molar-refractivity contribution in [3.8, 4) is 0 Å². The topological polar surface area (TPSA) is 114 Å². The van der Waals surface area contributed by atoms with E-state index >= 15 is 0 Å². The Morgan fingerprint density at radius 2 is 1.65 bits per heavy atom. The van der Waals surface area contributed by atoms with Crippen LogP contribution in [0.3, 0.4) is 0 Å². The van der Waals surface area contributed by atoms with E-state index in [1.54, 1.807) is 20.8 Å². The molecule has 3 unspecified atom stereocenters. The zero-order chi connectivity index (χ0) is 31.7. The second kappa shape index (κ2) is 19.2.